The highest BCUT2D eigenvalue weighted by molar-refractivity contribution is 7.21. The lowest BCUT2D eigenvalue weighted by atomic mass is 10.0. The van der Waals surface area contributed by atoms with Crippen molar-refractivity contribution in [3.05, 3.63) is 127 Å². The number of thiazole rings is 2. The summed E-state index contributed by atoms with van der Waals surface area (Å²) in [6.07, 6.45) is 3.21. The Kier molecular flexibility index (Phi) is 5.58. The lowest BCUT2D eigenvalue weighted by Crippen LogP contribution is -2.00. The molecule has 46 heavy (non-hydrogen) atoms. The molecular weight excluding hydrogens is 613 g/mol. The molecule has 0 unspecified atom stereocenters. The second kappa shape index (κ2) is 9.53. The van der Waals surface area contributed by atoms with Crippen LogP contribution in [0.25, 0.3) is 54.1 Å². The first-order valence-electron chi connectivity index (χ1n) is 14.6. The van der Waals surface area contributed by atoms with E-state index in [1.165, 1.54) is 22.7 Å². The lowest BCUT2D eigenvalue weighted by Gasteiger charge is -2.00. The van der Waals surface area contributed by atoms with E-state index < -0.39 is 0 Å². The molecule has 0 radical (unpaired) electrons. The molecule has 0 bridgehead atoms. The van der Waals surface area contributed by atoms with Gasteiger partial charge in [0.2, 0.25) is 0 Å². The second-order valence-corrected chi connectivity index (χ2v) is 13.7. The van der Waals surface area contributed by atoms with Gasteiger partial charge in [-0.1, -0.05) is 48.5 Å². The van der Waals surface area contributed by atoms with Crippen LogP contribution in [0.15, 0.2) is 83.9 Å². The first kappa shape index (κ1) is 26.9. The number of aryl methyl sites for hydroxylation is 2. The van der Waals surface area contributed by atoms with E-state index in [1.54, 1.807) is 36.4 Å². The maximum Gasteiger partial charge on any atom is 0.197 e. The molecule has 0 N–H and O–H groups in total. The second-order valence-electron chi connectivity index (χ2n) is 11.6. The summed E-state index contributed by atoms with van der Waals surface area (Å²) in [5, 5.41) is 4.80. The number of Topliss-reactive ketones (excluding diaryl/α,β-unsaturated/α-hetero) is 4. The van der Waals surface area contributed by atoms with Gasteiger partial charge < -0.3 is 0 Å². The Labute approximate surface area is 269 Å². The number of hydrogen-bond donors (Lipinski definition) is 0. The van der Waals surface area contributed by atoms with Crippen molar-refractivity contribution in [1.29, 1.82) is 0 Å². The summed E-state index contributed by atoms with van der Waals surface area (Å²) < 4.78 is 1.82. The number of fused-ring (bicyclic) bond motifs is 6. The van der Waals surface area contributed by atoms with Gasteiger partial charge in [-0.05, 0) is 82.9 Å². The summed E-state index contributed by atoms with van der Waals surface area (Å²) in [6.45, 7) is 3.94. The largest absolute Gasteiger partial charge is 0.288 e. The van der Waals surface area contributed by atoms with Crippen LogP contribution in [0.2, 0.25) is 0 Å². The summed E-state index contributed by atoms with van der Waals surface area (Å²) in [5.74, 6) is -1.15. The minimum Gasteiger partial charge on any atom is -0.288 e. The van der Waals surface area contributed by atoms with E-state index in [0.717, 1.165) is 53.1 Å². The van der Waals surface area contributed by atoms with Crippen molar-refractivity contribution in [2.45, 2.75) is 13.8 Å². The Balaban J connectivity index is 1.10. The van der Waals surface area contributed by atoms with Crippen LogP contribution in [0.5, 0.6) is 0 Å². The third kappa shape index (κ3) is 3.74. The number of rotatable bonds is 2. The highest BCUT2D eigenvalue weighted by atomic mass is 32.1. The van der Waals surface area contributed by atoms with Gasteiger partial charge in [0.25, 0.3) is 0 Å². The van der Waals surface area contributed by atoms with Crippen molar-refractivity contribution in [2.75, 3.05) is 0 Å². The minimum absolute atomic E-state index is 0.119. The number of aromatic nitrogens is 2. The fourth-order valence-corrected chi connectivity index (χ4v) is 8.69. The fourth-order valence-electron chi connectivity index (χ4n) is 6.56. The monoisotopic (exact) mass is 632 g/mol. The first-order valence-corrected chi connectivity index (χ1v) is 16.3. The third-order valence-corrected chi connectivity index (χ3v) is 11.2. The number of ketones is 4. The number of carbonyl (C=O) groups excluding carboxylic acids is 4. The quantitative estimate of drug-likeness (QED) is 0.140. The molecule has 2 aliphatic carbocycles. The zero-order valence-corrected chi connectivity index (χ0v) is 26.1. The highest BCUT2D eigenvalue weighted by Crippen LogP contribution is 2.40. The fraction of sp³-hybridized carbons (Fsp3) is 0.0526. The molecule has 2 aliphatic rings. The molecule has 0 saturated carbocycles. The maximum atomic E-state index is 13.3. The number of benzene rings is 5. The molecule has 218 valence electrons. The van der Waals surface area contributed by atoms with Crippen molar-refractivity contribution in [1.82, 2.24) is 9.97 Å². The maximum absolute atomic E-state index is 13.3. The molecule has 0 amide bonds. The van der Waals surface area contributed by atoms with E-state index in [4.69, 9.17) is 9.97 Å². The van der Waals surface area contributed by atoms with Gasteiger partial charge in [-0.25, -0.2) is 9.97 Å². The van der Waals surface area contributed by atoms with Gasteiger partial charge in [-0.3, -0.25) is 19.2 Å². The Morgan fingerprint density at radius 2 is 0.804 bits per heavy atom. The number of hydrogen-bond acceptors (Lipinski definition) is 8. The van der Waals surface area contributed by atoms with E-state index in [2.05, 4.69) is 0 Å². The molecule has 2 aromatic heterocycles. The van der Waals surface area contributed by atoms with Crippen molar-refractivity contribution in [3.8, 4) is 0 Å². The van der Waals surface area contributed by atoms with Gasteiger partial charge in [0, 0.05) is 22.3 Å². The predicted octanol–water partition coefficient (Wildman–Crippen LogP) is 8.75. The van der Waals surface area contributed by atoms with Crippen molar-refractivity contribution < 1.29 is 19.2 Å². The van der Waals surface area contributed by atoms with Crippen LogP contribution in [0.3, 0.4) is 0 Å². The molecule has 7 aromatic rings. The summed E-state index contributed by atoms with van der Waals surface area (Å²) >= 11 is 2.82. The highest BCUT2D eigenvalue weighted by Gasteiger charge is 2.35. The van der Waals surface area contributed by atoms with Gasteiger partial charge in [0.15, 0.2) is 23.1 Å². The summed E-state index contributed by atoms with van der Waals surface area (Å²) in [6, 6.07) is 22.5. The Bertz CT molecular complexity index is 2340. The van der Waals surface area contributed by atoms with Crippen molar-refractivity contribution in [3.63, 3.8) is 0 Å². The molecule has 9 rings (SSSR count). The predicted molar refractivity (Wildman–Crippen MR) is 183 cm³/mol. The molecule has 0 spiro atoms. The van der Waals surface area contributed by atoms with E-state index in [1.807, 2.05) is 62.4 Å². The van der Waals surface area contributed by atoms with E-state index in [-0.39, 0.29) is 34.3 Å². The first-order chi connectivity index (χ1) is 22.3. The number of allylic oxidation sites excluding steroid dienone is 2. The van der Waals surface area contributed by atoms with Crippen LogP contribution in [-0.4, -0.2) is 33.1 Å². The molecule has 0 aliphatic heterocycles. The Hall–Kier alpha value is -5.44. The van der Waals surface area contributed by atoms with Crippen molar-refractivity contribution >= 4 is 99.9 Å². The van der Waals surface area contributed by atoms with Gasteiger partial charge >= 0.3 is 0 Å². The molecule has 5 aromatic carbocycles. The Morgan fingerprint density at radius 1 is 0.500 bits per heavy atom. The van der Waals surface area contributed by atoms with Crippen LogP contribution in [-0.2, 0) is 0 Å². The van der Waals surface area contributed by atoms with Crippen LogP contribution in [0, 0.1) is 13.8 Å². The van der Waals surface area contributed by atoms with Gasteiger partial charge in [-0.15, -0.1) is 22.7 Å². The average molecular weight is 633 g/mol. The third-order valence-electron chi connectivity index (χ3n) is 8.94. The van der Waals surface area contributed by atoms with Gasteiger partial charge in [0.05, 0.1) is 31.6 Å². The Morgan fingerprint density at radius 3 is 1.11 bits per heavy atom. The van der Waals surface area contributed by atoms with E-state index in [9.17, 15) is 19.2 Å². The molecule has 0 atom stereocenters. The lowest BCUT2D eigenvalue weighted by molar-refractivity contribution is 0.0975. The van der Waals surface area contributed by atoms with Crippen LogP contribution in [0.4, 0.5) is 0 Å². The smallest absolute Gasteiger partial charge is 0.197 e. The van der Waals surface area contributed by atoms with Gasteiger partial charge in [-0.2, -0.15) is 0 Å². The van der Waals surface area contributed by atoms with Gasteiger partial charge in [0.1, 0.15) is 10.0 Å². The van der Waals surface area contributed by atoms with E-state index in [0.29, 0.717) is 32.3 Å². The summed E-state index contributed by atoms with van der Waals surface area (Å²) in [4.78, 5) is 63.1. The minimum atomic E-state index is -0.287. The van der Waals surface area contributed by atoms with Crippen LogP contribution >= 0.6 is 22.7 Å². The molecule has 0 fully saturated rings. The van der Waals surface area contributed by atoms with E-state index >= 15 is 0 Å². The summed E-state index contributed by atoms with van der Waals surface area (Å²) in [5.41, 5.74) is 5.30. The zero-order chi connectivity index (χ0) is 31.4. The average Bonchev–Trinajstić information content (AvgIpc) is 3.81. The van der Waals surface area contributed by atoms with Crippen molar-refractivity contribution in [2.24, 2.45) is 0 Å². The topological polar surface area (TPSA) is 94.1 Å². The van der Waals surface area contributed by atoms with Crippen LogP contribution < -0.4 is 0 Å². The number of nitrogens with zero attached hydrogens (tertiary/aromatic N) is 2. The normalized spacial score (nSPS) is 14.4. The zero-order valence-electron chi connectivity index (χ0n) is 24.4. The summed E-state index contributed by atoms with van der Waals surface area (Å²) in [7, 11) is 0. The molecular formula is C38H20N2O4S2. The molecule has 0 saturated heterocycles. The molecule has 8 heteroatoms. The molecule has 2 heterocycles. The van der Waals surface area contributed by atoms with Crippen LogP contribution in [0.1, 0.15) is 62.6 Å². The SMILES string of the molecule is Cc1c2nc(C=C3C(=O)c4cc5ccccc5cc4C3=O)sc2c(C)c2nc(C=C3C(=O)c4cc5ccccc5cc4C3=O)sc12. The standard InChI is InChI=1S/C38H20N2O4S2/c1-17-31-38(46-29(39-31)15-27-33(41)23-11-19-7-3-4-8-20(19)12-24(23)34(27)42)18(2)32-37(17)45-30(40-32)16-28-35(43)25-13-21-9-5-6-10-22(21)14-26(25)36(28)44/h3-16H,1-2H3. The number of carbonyl (C=O) groups is 4. The molecule has 6 nitrogen and oxygen atoms in total.